The maximum absolute atomic E-state index is 14.0. The SMILES string of the molecule is CCOC(=O)C1=C(C)N=c2s/c(=C\c3cc(C)n(-c4cccc(C(=O)O)c4)c3C)c(=O)n2[C@H]1c1ccc(OC)c(Br)c1. The van der Waals surface area contributed by atoms with Gasteiger partial charge in [0.05, 0.1) is 45.6 Å². The first-order valence-corrected chi connectivity index (χ1v) is 14.7. The smallest absolute Gasteiger partial charge is 0.338 e. The van der Waals surface area contributed by atoms with E-state index in [0.29, 0.717) is 42.1 Å². The van der Waals surface area contributed by atoms with Gasteiger partial charge in [-0.25, -0.2) is 14.6 Å². The fourth-order valence-electron chi connectivity index (χ4n) is 5.21. The molecular formula is C31H28BrN3O6S. The highest BCUT2D eigenvalue weighted by molar-refractivity contribution is 9.10. The first-order chi connectivity index (χ1) is 20.0. The molecule has 0 saturated heterocycles. The zero-order chi connectivity index (χ0) is 30.3. The molecule has 0 radical (unpaired) electrons. The number of aromatic carboxylic acids is 1. The number of nitrogens with zero attached hydrogens (tertiary/aromatic N) is 3. The van der Waals surface area contributed by atoms with Gasteiger partial charge in [0, 0.05) is 17.1 Å². The van der Waals surface area contributed by atoms with Crippen molar-refractivity contribution in [1.29, 1.82) is 0 Å². The van der Waals surface area contributed by atoms with Crippen molar-refractivity contribution in [3.05, 3.63) is 112 Å². The van der Waals surface area contributed by atoms with Crippen molar-refractivity contribution in [2.75, 3.05) is 13.7 Å². The van der Waals surface area contributed by atoms with Crippen LogP contribution in [0.15, 0.2) is 74.1 Å². The van der Waals surface area contributed by atoms with Crippen molar-refractivity contribution in [1.82, 2.24) is 9.13 Å². The normalized spacial score (nSPS) is 14.9. The molecule has 1 aliphatic rings. The van der Waals surface area contributed by atoms with Gasteiger partial charge in [0.15, 0.2) is 4.80 Å². The molecule has 1 N–H and O–H groups in total. The number of allylic oxidation sites excluding steroid dienone is 1. The third-order valence-corrected chi connectivity index (χ3v) is 8.72. The molecule has 9 nitrogen and oxygen atoms in total. The van der Waals surface area contributed by atoms with Gasteiger partial charge in [-0.3, -0.25) is 9.36 Å². The number of thiazole rings is 1. The fourth-order valence-corrected chi connectivity index (χ4v) is 6.81. The van der Waals surface area contributed by atoms with Gasteiger partial charge < -0.3 is 19.1 Å². The molecular weight excluding hydrogens is 622 g/mol. The first kappa shape index (κ1) is 29.3. The fraction of sp³-hybridized carbons (Fsp3) is 0.226. The quantitative estimate of drug-likeness (QED) is 0.291. The van der Waals surface area contributed by atoms with E-state index in [0.717, 1.165) is 17.0 Å². The average Bonchev–Trinajstić information content (AvgIpc) is 3.41. The summed E-state index contributed by atoms with van der Waals surface area (Å²) in [6.45, 7) is 7.51. The zero-order valence-electron chi connectivity index (χ0n) is 23.6. The van der Waals surface area contributed by atoms with Crippen LogP contribution in [0.1, 0.15) is 52.8 Å². The topological polar surface area (TPSA) is 112 Å². The lowest BCUT2D eigenvalue weighted by Gasteiger charge is -2.25. The summed E-state index contributed by atoms with van der Waals surface area (Å²) < 4.78 is 15.4. The molecule has 216 valence electrons. The number of carbonyl (C=O) groups excluding carboxylic acids is 1. The van der Waals surface area contributed by atoms with Crippen LogP contribution in [-0.4, -0.2) is 39.9 Å². The molecule has 11 heteroatoms. The number of esters is 1. The van der Waals surface area contributed by atoms with Crippen molar-refractivity contribution in [2.45, 2.75) is 33.7 Å². The monoisotopic (exact) mass is 649 g/mol. The maximum Gasteiger partial charge on any atom is 0.338 e. The summed E-state index contributed by atoms with van der Waals surface area (Å²) in [5.74, 6) is -0.914. The van der Waals surface area contributed by atoms with Gasteiger partial charge in [0.25, 0.3) is 5.56 Å². The Bertz CT molecular complexity index is 1970. The summed E-state index contributed by atoms with van der Waals surface area (Å²) >= 11 is 4.77. The van der Waals surface area contributed by atoms with Crippen LogP contribution in [0.25, 0.3) is 11.8 Å². The number of benzene rings is 2. The number of rotatable bonds is 7. The molecule has 5 rings (SSSR count). The summed E-state index contributed by atoms with van der Waals surface area (Å²) in [6.07, 6.45) is 1.81. The Hall–Kier alpha value is -4.22. The van der Waals surface area contributed by atoms with E-state index in [9.17, 15) is 19.5 Å². The molecule has 0 bridgehead atoms. The molecule has 2 aromatic carbocycles. The summed E-state index contributed by atoms with van der Waals surface area (Å²) in [6, 6.07) is 13.3. The number of aromatic nitrogens is 2. The van der Waals surface area contributed by atoms with E-state index in [-0.39, 0.29) is 17.7 Å². The Balaban J connectivity index is 1.69. The largest absolute Gasteiger partial charge is 0.496 e. The van der Waals surface area contributed by atoms with Gasteiger partial charge in [0.1, 0.15) is 5.75 Å². The summed E-state index contributed by atoms with van der Waals surface area (Å²) in [4.78, 5) is 43.9. The standard InChI is InChI=1S/C31H28BrN3O6S/c1-6-41-30(39)26-17(3)33-31-35(27(26)19-10-11-24(40-5)23(32)14-19)28(36)25(42-31)15-21-12-16(2)34(18(21)4)22-9-7-8-20(13-22)29(37)38/h7-15,27H,6H2,1-5H3,(H,37,38)/b25-15-/t27-/m0/s1. The summed E-state index contributed by atoms with van der Waals surface area (Å²) in [7, 11) is 1.57. The van der Waals surface area contributed by atoms with Crippen LogP contribution in [0.3, 0.4) is 0 Å². The molecule has 1 atom stereocenters. The number of hydrogen-bond donors (Lipinski definition) is 1. The molecule has 0 aliphatic carbocycles. The van der Waals surface area contributed by atoms with Crippen molar-refractivity contribution >= 4 is 45.3 Å². The second-order valence-corrected chi connectivity index (χ2v) is 11.6. The number of aryl methyl sites for hydroxylation is 1. The molecule has 2 aromatic heterocycles. The number of halogens is 1. The Kier molecular flexibility index (Phi) is 8.07. The lowest BCUT2D eigenvalue weighted by molar-refractivity contribution is -0.139. The minimum absolute atomic E-state index is 0.185. The number of carboxylic acid groups (broad SMARTS) is 1. The van der Waals surface area contributed by atoms with Gasteiger partial charge in [-0.2, -0.15) is 0 Å². The molecule has 0 fully saturated rings. The number of hydrogen-bond acceptors (Lipinski definition) is 7. The minimum atomic E-state index is -1.00. The predicted molar refractivity (Wildman–Crippen MR) is 163 cm³/mol. The summed E-state index contributed by atoms with van der Waals surface area (Å²) in [5, 5.41) is 9.45. The lowest BCUT2D eigenvalue weighted by Crippen LogP contribution is -2.40. The van der Waals surface area contributed by atoms with E-state index in [1.54, 1.807) is 49.8 Å². The highest BCUT2D eigenvalue weighted by atomic mass is 79.9. The number of carboxylic acids is 1. The van der Waals surface area contributed by atoms with E-state index >= 15 is 0 Å². The lowest BCUT2D eigenvalue weighted by atomic mass is 9.96. The second kappa shape index (κ2) is 11.6. The first-order valence-electron chi connectivity index (χ1n) is 13.1. The van der Waals surface area contributed by atoms with E-state index in [4.69, 9.17) is 9.47 Å². The highest BCUT2D eigenvalue weighted by Gasteiger charge is 2.33. The van der Waals surface area contributed by atoms with Gasteiger partial charge in [-0.1, -0.05) is 23.5 Å². The zero-order valence-corrected chi connectivity index (χ0v) is 26.0. The van der Waals surface area contributed by atoms with E-state index < -0.39 is 18.0 Å². The van der Waals surface area contributed by atoms with Crippen LogP contribution < -0.4 is 19.6 Å². The second-order valence-electron chi connectivity index (χ2n) is 9.71. The molecule has 0 saturated carbocycles. The van der Waals surface area contributed by atoms with Crippen LogP contribution in [-0.2, 0) is 9.53 Å². The number of methoxy groups -OCH3 is 1. The van der Waals surface area contributed by atoms with Crippen molar-refractivity contribution < 1.29 is 24.2 Å². The van der Waals surface area contributed by atoms with Crippen molar-refractivity contribution in [3.63, 3.8) is 0 Å². The van der Waals surface area contributed by atoms with Gasteiger partial charge >= 0.3 is 11.9 Å². The van der Waals surface area contributed by atoms with Gasteiger partial charge in [-0.05, 0) is 97.2 Å². The molecule has 1 aliphatic heterocycles. The van der Waals surface area contributed by atoms with E-state index in [1.807, 2.05) is 48.8 Å². The van der Waals surface area contributed by atoms with E-state index in [2.05, 4.69) is 20.9 Å². The van der Waals surface area contributed by atoms with Crippen LogP contribution in [0, 0.1) is 13.8 Å². The van der Waals surface area contributed by atoms with Crippen LogP contribution in [0.5, 0.6) is 5.75 Å². The number of ether oxygens (including phenoxy) is 2. The molecule has 3 heterocycles. The average molecular weight is 651 g/mol. The Morgan fingerprint density at radius 2 is 1.90 bits per heavy atom. The van der Waals surface area contributed by atoms with E-state index in [1.165, 1.54) is 11.3 Å². The Morgan fingerprint density at radius 1 is 1.14 bits per heavy atom. The van der Waals surface area contributed by atoms with Crippen molar-refractivity contribution in [2.24, 2.45) is 4.99 Å². The third kappa shape index (κ3) is 5.14. The van der Waals surface area contributed by atoms with Crippen LogP contribution in [0.4, 0.5) is 0 Å². The van der Waals surface area contributed by atoms with Gasteiger partial charge in [0.2, 0.25) is 0 Å². The molecule has 0 unspecified atom stereocenters. The van der Waals surface area contributed by atoms with Crippen molar-refractivity contribution in [3.8, 4) is 11.4 Å². The minimum Gasteiger partial charge on any atom is -0.496 e. The Labute approximate surface area is 253 Å². The molecule has 0 amide bonds. The Morgan fingerprint density at radius 3 is 2.57 bits per heavy atom. The molecule has 0 spiro atoms. The highest BCUT2D eigenvalue weighted by Crippen LogP contribution is 2.35. The number of fused-ring (bicyclic) bond motifs is 1. The molecule has 4 aromatic rings. The van der Waals surface area contributed by atoms with Crippen LogP contribution >= 0.6 is 27.3 Å². The molecule has 42 heavy (non-hydrogen) atoms. The van der Waals surface area contributed by atoms with Crippen LogP contribution in [0.2, 0.25) is 0 Å². The number of carbonyl (C=O) groups is 2. The van der Waals surface area contributed by atoms with Gasteiger partial charge in [-0.15, -0.1) is 0 Å². The summed E-state index contributed by atoms with van der Waals surface area (Å²) in [5.41, 5.74) is 4.63. The predicted octanol–water partition coefficient (Wildman–Crippen LogP) is 4.68. The third-order valence-electron chi connectivity index (χ3n) is 7.12. The maximum atomic E-state index is 14.0.